The molecule has 0 aliphatic carbocycles. The van der Waals surface area contributed by atoms with Gasteiger partial charge in [-0.15, -0.1) is 16.8 Å². The van der Waals surface area contributed by atoms with Crippen LogP contribution in [-0.4, -0.2) is 37.5 Å². The highest BCUT2D eigenvalue weighted by molar-refractivity contribution is 6.30. The minimum absolute atomic E-state index is 0.142. The lowest BCUT2D eigenvalue weighted by Gasteiger charge is -2.47. The van der Waals surface area contributed by atoms with Gasteiger partial charge < -0.3 is 9.64 Å². The maximum Gasteiger partial charge on any atom is 0.253 e. The summed E-state index contributed by atoms with van der Waals surface area (Å²) in [6, 6.07) is 14.1. The summed E-state index contributed by atoms with van der Waals surface area (Å²) in [4.78, 5) is 15.7. The van der Waals surface area contributed by atoms with E-state index in [-0.39, 0.29) is 11.9 Å². The fourth-order valence-corrected chi connectivity index (χ4v) is 4.66. The number of halogens is 2. The van der Waals surface area contributed by atoms with Gasteiger partial charge in [0.1, 0.15) is 12.2 Å². The Balaban J connectivity index is 1.90. The van der Waals surface area contributed by atoms with E-state index in [1.54, 1.807) is 6.08 Å². The first-order valence-corrected chi connectivity index (χ1v) is 11.6. The summed E-state index contributed by atoms with van der Waals surface area (Å²) in [5.74, 6) is 0.324. The number of carbonyl (C=O) groups excluding carboxylic acids is 1. The maximum absolute atomic E-state index is 13.8. The van der Waals surface area contributed by atoms with Crippen LogP contribution in [0.4, 0.5) is 0 Å². The highest BCUT2D eigenvalue weighted by Crippen LogP contribution is 2.47. The Kier molecular flexibility index (Phi) is 7.42. The maximum atomic E-state index is 13.8. The van der Waals surface area contributed by atoms with Crippen LogP contribution in [0.3, 0.4) is 0 Å². The van der Waals surface area contributed by atoms with Crippen molar-refractivity contribution in [3.05, 3.63) is 88.2 Å². The van der Waals surface area contributed by atoms with Crippen LogP contribution in [0.1, 0.15) is 61.3 Å². The predicted octanol–water partition coefficient (Wildman–Crippen LogP) is 5.63. The fourth-order valence-electron chi connectivity index (χ4n) is 4.33. The van der Waals surface area contributed by atoms with Crippen LogP contribution in [-0.2, 0) is 9.53 Å². The van der Waals surface area contributed by atoms with Gasteiger partial charge in [-0.1, -0.05) is 72.1 Å². The van der Waals surface area contributed by atoms with E-state index in [0.717, 1.165) is 17.5 Å². The molecule has 1 N–H and O–H groups in total. The molecule has 0 saturated carbocycles. The number of nitrogens with zero attached hydrogens (tertiary/aromatic N) is 4. The molecule has 3 aromatic rings. The number of hydrogen-bond donors (Lipinski definition) is 1. The normalized spacial score (nSPS) is 21.7. The first-order chi connectivity index (χ1) is 16.0. The van der Waals surface area contributed by atoms with Crippen molar-refractivity contribution >= 4 is 29.1 Å². The second kappa shape index (κ2) is 10.5. The van der Waals surface area contributed by atoms with Gasteiger partial charge in [0, 0.05) is 16.5 Å². The molecule has 9 heteroatoms. The third kappa shape index (κ3) is 4.95. The Hall–Kier alpha value is -2.74. The zero-order valence-electron chi connectivity index (χ0n) is 18.2. The van der Waals surface area contributed by atoms with Crippen molar-refractivity contribution in [2.45, 2.75) is 50.5 Å². The molecule has 0 unspecified atom stereocenters. The minimum atomic E-state index is -0.693. The first kappa shape index (κ1) is 23.4. The lowest BCUT2D eigenvalue weighted by molar-refractivity contribution is -0.180. The molecule has 0 radical (unpaired) electrons. The van der Waals surface area contributed by atoms with Gasteiger partial charge in [0.05, 0.1) is 12.1 Å². The van der Waals surface area contributed by atoms with Crippen LogP contribution >= 0.6 is 23.2 Å². The third-order valence-electron chi connectivity index (χ3n) is 5.75. The monoisotopic (exact) mass is 485 g/mol. The highest BCUT2D eigenvalue weighted by Gasteiger charge is 2.47. The summed E-state index contributed by atoms with van der Waals surface area (Å²) in [6.07, 6.45) is 2.40. The Morgan fingerprint density at radius 3 is 2.61 bits per heavy atom. The van der Waals surface area contributed by atoms with Crippen LogP contribution < -0.4 is 0 Å². The number of aromatic nitrogens is 4. The summed E-state index contributed by atoms with van der Waals surface area (Å²) < 4.78 is 6.44. The van der Waals surface area contributed by atoms with E-state index in [1.807, 2.05) is 53.4 Å². The third-order valence-corrected chi connectivity index (χ3v) is 6.24. The van der Waals surface area contributed by atoms with Gasteiger partial charge in [0.2, 0.25) is 0 Å². The number of aromatic amines is 1. The topological polar surface area (TPSA) is 84.0 Å². The molecule has 2 aromatic carbocycles. The molecule has 4 rings (SSSR count). The Labute approximate surface area is 202 Å². The van der Waals surface area contributed by atoms with Crippen molar-refractivity contribution in [1.29, 1.82) is 0 Å². The van der Waals surface area contributed by atoms with E-state index in [1.165, 1.54) is 0 Å². The van der Waals surface area contributed by atoms with Crippen molar-refractivity contribution in [2.75, 3.05) is 0 Å². The molecular formula is C24H25Cl2N5O2. The lowest BCUT2D eigenvalue weighted by atomic mass is 9.89. The van der Waals surface area contributed by atoms with Crippen molar-refractivity contribution in [1.82, 2.24) is 25.5 Å². The van der Waals surface area contributed by atoms with E-state index in [0.29, 0.717) is 28.7 Å². The second-order valence-corrected chi connectivity index (χ2v) is 8.81. The quantitative estimate of drug-likeness (QED) is 0.417. The second-order valence-electron chi connectivity index (χ2n) is 7.94. The molecule has 0 spiro atoms. The number of nitrogens with one attached hydrogen (secondary N) is 1. The van der Waals surface area contributed by atoms with Crippen LogP contribution in [0.15, 0.2) is 61.2 Å². The average molecular weight is 486 g/mol. The van der Waals surface area contributed by atoms with Crippen LogP contribution in [0.2, 0.25) is 10.0 Å². The van der Waals surface area contributed by atoms with Crippen molar-refractivity contribution in [2.24, 2.45) is 0 Å². The summed E-state index contributed by atoms with van der Waals surface area (Å²) in [5.41, 5.74) is 1.76. The number of ether oxygens (including phenoxy) is 1. The number of amides is 1. The molecule has 7 nitrogen and oxygen atoms in total. The van der Waals surface area contributed by atoms with E-state index < -0.39 is 18.2 Å². The molecular weight excluding hydrogens is 461 g/mol. The fraction of sp³-hybridized carbons (Fsp3) is 0.333. The Bertz CT molecular complexity index is 1090. The number of morpholine rings is 1. The van der Waals surface area contributed by atoms with E-state index >= 15 is 0 Å². The van der Waals surface area contributed by atoms with Crippen molar-refractivity contribution < 1.29 is 9.53 Å². The van der Waals surface area contributed by atoms with Gasteiger partial charge in [-0.25, -0.2) is 0 Å². The van der Waals surface area contributed by atoms with Gasteiger partial charge >= 0.3 is 0 Å². The van der Waals surface area contributed by atoms with Gasteiger partial charge in [-0.05, 0) is 41.8 Å². The zero-order chi connectivity index (χ0) is 23.4. The SMILES string of the molecule is C=CC[C@H]1O[C@H](c2cccc(Cl)c2)[C@@H](c2ccc(Cl)cc2)N([C@@H](CCC)c2nn[nH]n2)C1=O. The molecule has 1 aliphatic rings. The number of carbonyl (C=O) groups is 1. The molecule has 1 aliphatic heterocycles. The van der Waals surface area contributed by atoms with Gasteiger partial charge in [-0.2, -0.15) is 5.21 Å². The van der Waals surface area contributed by atoms with Crippen molar-refractivity contribution in [3.63, 3.8) is 0 Å². The number of rotatable bonds is 8. The summed E-state index contributed by atoms with van der Waals surface area (Å²) >= 11 is 12.5. The smallest absolute Gasteiger partial charge is 0.253 e. The average Bonchev–Trinajstić information content (AvgIpc) is 3.34. The highest BCUT2D eigenvalue weighted by atomic mass is 35.5. The van der Waals surface area contributed by atoms with Crippen LogP contribution in [0, 0.1) is 0 Å². The molecule has 0 bridgehead atoms. The van der Waals surface area contributed by atoms with Gasteiger partial charge in [-0.3, -0.25) is 4.79 Å². The summed E-state index contributed by atoms with van der Waals surface area (Å²) in [7, 11) is 0. The molecule has 1 fully saturated rings. The molecule has 1 aromatic heterocycles. The number of benzene rings is 2. The lowest BCUT2D eigenvalue weighted by Crippen LogP contribution is -2.52. The van der Waals surface area contributed by atoms with Gasteiger partial charge in [0.15, 0.2) is 5.82 Å². The predicted molar refractivity (Wildman–Crippen MR) is 127 cm³/mol. The molecule has 33 heavy (non-hydrogen) atoms. The zero-order valence-corrected chi connectivity index (χ0v) is 19.7. The molecule has 1 saturated heterocycles. The van der Waals surface area contributed by atoms with Crippen LogP contribution in [0.5, 0.6) is 0 Å². The molecule has 4 atom stereocenters. The van der Waals surface area contributed by atoms with Crippen LogP contribution in [0.25, 0.3) is 0 Å². The first-order valence-electron chi connectivity index (χ1n) is 10.9. The van der Waals surface area contributed by atoms with E-state index in [2.05, 4.69) is 34.1 Å². The summed E-state index contributed by atoms with van der Waals surface area (Å²) in [6.45, 7) is 5.88. The Morgan fingerprint density at radius 2 is 1.97 bits per heavy atom. The van der Waals surface area contributed by atoms with E-state index in [4.69, 9.17) is 27.9 Å². The van der Waals surface area contributed by atoms with Crippen molar-refractivity contribution in [3.8, 4) is 0 Å². The number of H-pyrrole nitrogens is 1. The standard InChI is InChI=1S/C24H25Cl2N5O2/c1-3-6-19(23-27-29-30-28-23)31-21(15-10-12-17(25)13-11-15)22(16-8-5-9-18(26)14-16)33-20(7-4-2)24(31)32/h4-5,8-14,19-22H,2-3,6-7H2,1H3,(H,27,28,29,30)/t19-,20+,21+,22+/m0/s1. The molecule has 1 amide bonds. The largest absolute Gasteiger partial charge is 0.358 e. The molecule has 2 heterocycles. The minimum Gasteiger partial charge on any atom is -0.358 e. The van der Waals surface area contributed by atoms with Gasteiger partial charge in [0.25, 0.3) is 5.91 Å². The molecule has 172 valence electrons. The number of hydrogen-bond acceptors (Lipinski definition) is 5. The van der Waals surface area contributed by atoms with E-state index in [9.17, 15) is 4.79 Å². The number of tetrazole rings is 1. The Morgan fingerprint density at radius 1 is 1.18 bits per heavy atom. The summed E-state index contributed by atoms with van der Waals surface area (Å²) in [5, 5.41) is 15.9.